The van der Waals surface area contributed by atoms with E-state index in [2.05, 4.69) is 39.6 Å². The maximum atomic E-state index is 8.45. The first-order valence-corrected chi connectivity index (χ1v) is 8.61. The normalized spacial score (nSPS) is 10.6. The highest BCUT2D eigenvalue weighted by Crippen LogP contribution is 2.17. The number of benzene rings is 2. The fourth-order valence-corrected chi connectivity index (χ4v) is 3.02. The van der Waals surface area contributed by atoms with Gasteiger partial charge in [0.1, 0.15) is 12.4 Å². The summed E-state index contributed by atoms with van der Waals surface area (Å²) in [6.07, 6.45) is 1.01. The molecule has 0 aliphatic carbocycles. The number of nitrogens with zero attached hydrogens (tertiary/aromatic N) is 2. The Labute approximate surface area is 160 Å². The van der Waals surface area contributed by atoms with Gasteiger partial charge in [-0.3, -0.25) is 5.41 Å². The van der Waals surface area contributed by atoms with Crippen molar-refractivity contribution in [3.8, 4) is 5.75 Å². The van der Waals surface area contributed by atoms with Gasteiger partial charge in [-0.05, 0) is 42.8 Å². The molecule has 0 radical (unpaired) electrons. The van der Waals surface area contributed by atoms with Crippen molar-refractivity contribution in [2.24, 2.45) is 0 Å². The summed E-state index contributed by atoms with van der Waals surface area (Å²) in [4.78, 5) is 0. The van der Waals surface area contributed by atoms with E-state index < -0.39 is 0 Å². The van der Waals surface area contributed by atoms with Crippen molar-refractivity contribution >= 4 is 27.0 Å². The fraction of sp³-hybridized carbons (Fsp3) is 0.278. The van der Waals surface area contributed by atoms with Crippen molar-refractivity contribution < 1.29 is 21.7 Å². The average Bonchev–Trinajstić information content (AvgIpc) is 2.83. The first kappa shape index (κ1) is 18.8. The second-order valence-electron chi connectivity index (χ2n) is 5.42. The lowest BCUT2D eigenvalue weighted by Gasteiger charge is -2.08. The van der Waals surface area contributed by atoms with Crippen molar-refractivity contribution in [3.63, 3.8) is 0 Å². The lowest BCUT2D eigenvalue weighted by Crippen LogP contribution is -3.00. The molecular weight excluding hydrogens is 434 g/mol. The third-order valence-electron chi connectivity index (χ3n) is 3.82. The zero-order valence-corrected chi connectivity index (χ0v) is 16.7. The molecule has 24 heavy (non-hydrogen) atoms. The van der Waals surface area contributed by atoms with Gasteiger partial charge in [-0.1, -0.05) is 35.0 Å². The molecule has 4 nitrogen and oxygen atoms in total. The van der Waals surface area contributed by atoms with Crippen LogP contribution in [0.5, 0.6) is 5.75 Å². The third-order valence-corrected chi connectivity index (χ3v) is 4.35. The molecular formula is C18H20Br2N3O-. The Balaban J connectivity index is 0.00000208. The van der Waals surface area contributed by atoms with E-state index in [9.17, 15) is 0 Å². The van der Waals surface area contributed by atoms with Gasteiger partial charge in [-0.25, -0.2) is 0 Å². The van der Waals surface area contributed by atoms with Crippen molar-refractivity contribution in [3.05, 3.63) is 58.6 Å². The van der Waals surface area contributed by atoms with E-state index in [4.69, 9.17) is 10.1 Å². The highest BCUT2D eigenvalue weighted by Gasteiger charge is 2.09. The summed E-state index contributed by atoms with van der Waals surface area (Å²) in [6, 6.07) is 16.0. The number of para-hydroxylation sites is 2. The van der Waals surface area contributed by atoms with Gasteiger partial charge in [-0.2, -0.15) is 0 Å². The largest absolute Gasteiger partial charge is 1.00 e. The van der Waals surface area contributed by atoms with Crippen LogP contribution in [-0.2, 0) is 13.1 Å². The lowest BCUT2D eigenvalue weighted by atomic mass is 10.3. The Bertz CT molecular complexity index is 853. The monoisotopic (exact) mass is 452 g/mol. The molecule has 0 fully saturated rings. The molecule has 128 valence electrons. The molecule has 2 aromatic carbocycles. The van der Waals surface area contributed by atoms with Crippen LogP contribution in [0.25, 0.3) is 11.0 Å². The zero-order chi connectivity index (χ0) is 16.2. The summed E-state index contributed by atoms with van der Waals surface area (Å²) in [7, 11) is 0. The van der Waals surface area contributed by atoms with Crippen LogP contribution in [0.4, 0.5) is 0 Å². The van der Waals surface area contributed by atoms with E-state index in [0.717, 1.165) is 34.2 Å². The van der Waals surface area contributed by atoms with Gasteiger partial charge in [0.05, 0.1) is 17.6 Å². The Morgan fingerprint density at radius 2 is 1.54 bits per heavy atom. The first-order chi connectivity index (χ1) is 11.2. The van der Waals surface area contributed by atoms with Crippen molar-refractivity contribution in [2.75, 3.05) is 6.61 Å². The first-order valence-electron chi connectivity index (χ1n) is 7.81. The van der Waals surface area contributed by atoms with E-state index in [1.807, 2.05) is 41.0 Å². The minimum Gasteiger partial charge on any atom is -1.00 e. The van der Waals surface area contributed by atoms with Gasteiger partial charge in [-0.15, -0.1) is 0 Å². The van der Waals surface area contributed by atoms with Crippen LogP contribution in [0.1, 0.15) is 13.3 Å². The fourth-order valence-electron chi connectivity index (χ4n) is 2.76. The van der Waals surface area contributed by atoms with Gasteiger partial charge in [0.25, 0.3) is 0 Å². The van der Waals surface area contributed by atoms with Gasteiger partial charge >= 0.3 is 0 Å². The molecule has 0 spiro atoms. The molecule has 6 heteroatoms. The molecule has 3 rings (SSSR count). The smallest absolute Gasteiger partial charge is 0.203 e. The number of hydrogen-bond donors (Lipinski definition) is 1. The van der Waals surface area contributed by atoms with Crippen LogP contribution in [0.2, 0.25) is 0 Å². The van der Waals surface area contributed by atoms with E-state index in [-0.39, 0.29) is 17.0 Å². The Morgan fingerprint density at radius 1 is 0.958 bits per heavy atom. The van der Waals surface area contributed by atoms with E-state index in [0.29, 0.717) is 18.8 Å². The molecule has 1 aromatic heterocycles. The Morgan fingerprint density at radius 3 is 2.12 bits per heavy atom. The number of rotatable bonds is 6. The summed E-state index contributed by atoms with van der Waals surface area (Å²) in [5, 5.41) is 8.45. The van der Waals surface area contributed by atoms with Crippen LogP contribution in [-0.4, -0.2) is 15.7 Å². The molecule has 0 saturated carbocycles. The summed E-state index contributed by atoms with van der Waals surface area (Å²) >= 11 is 3.42. The topological polar surface area (TPSA) is 42.9 Å². The van der Waals surface area contributed by atoms with E-state index >= 15 is 0 Å². The maximum Gasteiger partial charge on any atom is 0.203 e. The molecule has 0 aliphatic heterocycles. The van der Waals surface area contributed by atoms with Crippen LogP contribution in [0.3, 0.4) is 0 Å². The van der Waals surface area contributed by atoms with Crippen molar-refractivity contribution in [2.45, 2.75) is 26.4 Å². The predicted molar refractivity (Wildman–Crippen MR) is 95.7 cm³/mol. The second-order valence-corrected chi connectivity index (χ2v) is 6.33. The van der Waals surface area contributed by atoms with Crippen LogP contribution in [0.15, 0.2) is 53.0 Å². The van der Waals surface area contributed by atoms with E-state index in [1.54, 1.807) is 0 Å². The highest BCUT2D eigenvalue weighted by molar-refractivity contribution is 9.10. The van der Waals surface area contributed by atoms with Gasteiger partial charge in [0, 0.05) is 11.0 Å². The molecule has 1 N–H and O–H groups in total. The Hall–Kier alpha value is -1.53. The molecule has 0 unspecified atom stereocenters. The minimum atomic E-state index is 0. The summed E-state index contributed by atoms with van der Waals surface area (Å²) in [6.45, 7) is 4.19. The molecule has 0 atom stereocenters. The van der Waals surface area contributed by atoms with Crippen molar-refractivity contribution in [1.29, 1.82) is 5.41 Å². The molecule has 1 heterocycles. The average molecular weight is 454 g/mol. The minimum absolute atomic E-state index is 0. The quantitative estimate of drug-likeness (QED) is 0.598. The third kappa shape index (κ3) is 3.92. The van der Waals surface area contributed by atoms with Crippen LogP contribution < -0.4 is 27.3 Å². The molecule has 0 bridgehead atoms. The molecule has 0 aliphatic rings. The zero-order valence-electron chi connectivity index (χ0n) is 13.5. The van der Waals surface area contributed by atoms with Gasteiger partial charge in [0.15, 0.2) is 0 Å². The number of aromatic nitrogens is 2. The number of aryl methyl sites for hydroxylation is 1. The van der Waals surface area contributed by atoms with Gasteiger partial charge in [0.2, 0.25) is 5.62 Å². The lowest BCUT2D eigenvalue weighted by molar-refractivity contribution is -0.00000530. The standard InChI is InChI=1S/C18H20BrN3O.BrH/c1-2-11-21-16-5-3-4-6-17(16)22(18(21)20)12-13-23-15-9-7-14(19)8-10-15;/h3-10,20H,2,11-13H2,1H3;1H/p-1. The van der Waals surface area contributed by atoms with E-state index in [1.165, 1.54) is 0 Å². The number of fused-ring (bicyclic) bond motifs is 1. The predicted octanol–water partition coefficient (Wildman–Crippen LogP) is 1.18. The highest BCUT2D eigenvalue weighted by atomic mass is 79.9. The van der Waals surface area contributed by atoms with Crippen molar-refractivity contribution in [1.82, 2.24) is 9.13 Å². The number of imidazole rings is 1. The Kier molecular flexibility index (Phi) is 6.69. The second kappa shape index (κ2) is 8.53. The summed E-state index contributed by atoms with van der Waals surface area (Å²) in [5.41, 5.74) is 2.74. The number of hydrogen-bond acceptors (Lipinski definition) is 2. The molecule has 3 aromatic rings. The van der Waals surface area contributed by atoms with Crippen LogP contribution in [0, 0.1) is 5.41 Å². The van der Waals surface area contributed by atoms with Crippen LogP contribution >= 0.6 is 15.9 Å². The number of nitrogens with one attached hydrogen (secondary N) is 1. The summed E-state index contributed by atoms with van der Waals surface area (Å²) < 4.78 is 10.9. The number of ether oxygens (including phenoxy) is 1. The molecule has 0 amide bonds. The number of halogens is 2. The van der Waals surface area contributed by atoms with Gasteiger partial charge < -0.3 is 30.9 Å². The SMILES string of the molecule is CCCn1c(=N)n(CCOc2ccc(Br)cc2)c2ccccc21.[Br-]. The maximum absolute atomic E-state index is 8.45. The molecule has 0 saturated heterocycles. The summed E-state index contributed by atoms with van der Waals surface area (Å²) in [5.74, 6) is 0.845.